The van der Waals surface area contributed by atoms with E-state index in [-0.39, 0.29) is 10.6 Å². The maximum Gasteiger partial charge on any atom is 0.277 e. The normalized spacial score (nSPS) is 10.9. The van der Waals surface area contributed by atoms with Gasteiger partial charge in [0.2, 0.25) is 0 Å². The Morgan fingerprint density at radius 2 is 0.702 bits per heavy atom. The number of rotatable bonds is 10. The third-order valence-electron chi connectivity index (χ3n) is 10.4. The summed E-state index contributed by atoms with van der Waals surface area (Å²) >= 11 is 0. The molecule has 0 atom stereocenters. The van der Waals surface area contributed by atoms with Crippen molar-refractivity contribution in [2.75, 3.05) is 9.80 Å². The first-order valence-electron chi connectivity index (χ1n) is 19.2. The molecule has 0 heterocycles. The van der Waals surface area contributed by atoms with Gasteiger partial charge in [0.15, 0.2) is 0 Å². The average molecular weight is 742 g/mol. The highest BCUT2D eigenvalue weighted by molar-refractivity contribution is 5.88. The quantitative estimate of drug-likeness (QED) is 0.103. The Labute approximate surface area is 334 Å². The molecular formula is C52H43N3O2. The van der Waals surface area contributed by atoms with Crippen LogP contribution < -0.4 is 9.80 Å². The van der Waals surface area contributed by atoms with Gasteiger partial charge in [0.25, 0.3) is 5.69 Å². The first-order chi connectivity index (χ1) is 27.7. The van der Waals surface area contributed by atoms with Gasteiger partial charge >= 0.3 is 0 Å². The van der Waals surface area contributed by atoms with E-state index in [1.807, 2.05) is 12.1 Å². The van der Waals surface area contributed by atoms with E-state index in [1.165, 1.54) is 22.3 Å². The highest BCUT2D eigenvalue weighted by atomic mass is 16.6. The summed E-state index contributed by atoms with van der Waals surface area (Å²) in [5, 5.41) is 12.4. The Morgan fingerprint density at radius 3 is 1.07 bits per heavy atom. The lowest BCUT2D eigenvalue weighted by Gasteiger charge is -2.26. The number of aryl methyl sites for hydroxylation is 4. The van der Waals surface area contributed by atoms with Crippen molar-refractivity contribution in [1.29, 1.82) is 0 Å². The molecule has 5 nitrogen and oxygen atoms in total. The van der Waals surface area contributed by atoms with Gasteiger partial charge in [-0.3, -0.25) is 10.1 Å². The van der Waals surface area contributed by atoms with Gasteiger partial charge in [-0.2, -0.15) is 0 Å². The van der Waals surface area contributed by atoms with E-state index in [9.17, 15) is 10.1 Å². The Hall–Kier alpha value is -7.24. The summed E-state index contributed by atoms with van der Waals surface area (Å²) in [5.41, 5.74) is 16.3. The zero-order valence-electron chi connectivity index (χ0n) is 32.6. The molecule has 0 aliphatic rings. The Balaban J connectivity index is 1.29. The van der Waals surface area contributed by atoms with E-state index in [0.29, 0.717) is 5.56 Å². The standard InChI is InChI=1S/C52H43N3O2/c1-36-15-23-45(24-16-36)53(46-25-17-37(2)18-26-46)49-11-7-9-40(34-49)42-31-43(33-44(32-42)51-13-5-6-14-52(51)55(56)57)41-10-8-12-50(35-41)54(47-27-19-38(3)20-28-47)48-29-21-39(4)22-30-48/h5-35H,1-4H3. The van der Waals surface area contributed by atoms with Crippen LogP contribution in [-0.2, 0) is 0 Å². The fraction of sp³-hybridized carbons (Fsp3) is 0.0769. The predicted molar refractivity (Wildman–Crippen MR) is 238 cm³/mol. The lowest BCUT2D eigenvalue weighted by Crippen LogP contribution is -2.10. The highest BCUT2D eigenvalue weighted by Crippen LogP contribution is 2.42. The maximum absolute atomic E-state index is 12.4. The lowest BCUT2D eigenvalue weighted by molar-refractivity contribution is -0.384. The van der Waals surface area contributed by atoms with Gasteiger partial charge in [0, 0.05) is 40.2 Å². The topological polar surface area (TPSA) is 49.6 Å². The zero-order chi connectivity index (χ0) is 39.5. The van der Waals surface area contributed by atoms with Crippen LogP contribution in [0.2, 0.25) is 0 Å². The van der Waals surface area contributed by atoms with Crippen molar-refractivity contribution >= 4 is 39.8 Å². The Kier molecular flexibility index (Phi) is 10.2. The van der Waals surface area contributed by atoms with Crippen molar-refractivity contribution in [2.45, 2.75) is 27.7 Å². The number of benzene rings is 8. The lowest BCUT2D eigenvalue weighted by atomic mass is 9.92. The number of nitro groups is 1. The minimum Gasteiger partial charge on any atom is -0.310 e. The smallest absolute Gasteiger partial charge is 0.277 e. The summed E-state index contributed by atoms with van der Waals surface area (Å²) in [5.74, 6) is 0. The molecule has 8 rings (SSSR count). The number of nitrogens with zero attached hydrogens (tertiary/aromatic N) is 3. The van der Waals surface area contributed by atoms with Gasteiger partial charge in [0.05, 0.1) is 10.5 Å². The first-order valence-corrected chi connectivity index (χ1v) is 19.2. The van der Waals surface area contributed by atoms with Crippen molar-refractivity contribution in [3.05, 3.63) is 220 Å². The Bertz CT molecular complexity index is 2440. The molecule has 5 heteroatoms. The van der Waals surface area contributed by atoms with E-state index >= 15 is 0 Å². The molecule has 0 aliphatic carbocycles. The van der Waals surface area contributed by atoms with E-state index in [2.05, 4.69) is 201 Å². The van der Waals surface area contributed by atoms with Crippen LogP contribution in [0.4, 0.5) is 39.8 Å². The summed E-state index contributed by atoms with van der Waals surface area (Å²) in [6.07, 6.45) is 0. The molecule has 57 heavy (non-hydrogen) atoms. The molecule has 0 aliphatic heterocycles. The van der Waals surface area contributed by atoms with E-state index in [4.69, 9.17) is 0 Å². The maximum atomic E-state index is 12.4. The van der Waals surface area contributed by atoms with Crippen molar-refractivity contribution < 1.29 is 4.92 Å². The van der Waals surface area contributed by atoms with Crippen molar-refractivity contribution in [2.24, 2.45) is 0 Å². The number of para-hydroxylation sites is 1. The van der Waals surface area contributed by atoms with E-state index in [1.54, 1.807) is 12.1 Å². The summed E-state index contributed by atoms with van der Waals surface area (Å²) in [6.45, 7) is 8.39. The van der Waals surface area contributed by atoms with Crippen molar-refractivity contribution in [3.63, 3.8) is 0 Å². The second kappa shape index (κ2) is 15.9. The third-order valence-corrected chi connectivity index (χ3v) is 10.4. The minimum absolute atomic E-state index is 0.0675. The zero-order valence-corrected chi connectivity index (χ0v) is 32.6. The van der Waals surface area contributed by atoms with Crippen molar-refractivity contribution in [3.8, 4) is 33.4 Å². The van der Waals surface area contributed by atoms with Gasteiger partial charge in [-0.05, 0) is 153 Å². The molecule has 0 fully saturated rings. The van der Waals surface area contributed by atoms with Gasteiger partial charge in [-0.15, -0.1) is 0 Å². The number of hydrogen-bond donors (Lipinski definition) is 0. The van der Waals surface area contributed by atoms with Crippen molar-refractivity contribution in [1.82, 2.24) is 0 Å². The van der Waals surface area contributed by atoms with E-state index < -0.39 is 0 Å². The molecule has 278 valence electrons. The fourth-order valence-corrected chi connectivity index (χ4v) is 7.31. The van der Waals surface area contributed by atoms with Gasteiger partial charge in [-0.1, -0.05) is 107 Å². The Morgan fingerprint density at radius 1 is 0.351 bits per heavy atom. The van der Waals surface area contributed by atoms with Crippen LogP contribution in [0, 0.1) is 37.8 Å². The van der Waals surface area contributed by atoms with Crippen LogP contribution in [0.15, 0.2) is 188 Å². The molecule has 0 saturated carbocycles. The predicted octanol–water partition coefficient (Wildman–Crippen LogP) is 14.8. The monoisotopic (exact) mass is 741 g/mol. The molecule has 0 aromatic heterocycles. The average Bonchev–Trinajstić information content (AvgIpc) is 3.24. The van der Waals surface area contributed by atoms with Crippen LogP contribution in [0.1, 0.15) is 22.3 Å². The minimum atomic E-state index is -0.301. The summed E-state index contributed by atoms with van der Waals surface area (Å²) in [4.78, 5) is 16.6. The molecule has 0 bridgehead atoms. The molecule has 8 aromatic rings. The van der Waals surface area contributed by atoms with Crippen LogP contribution in [0.25, 0.3) is 33.4 Å². The van der Waals surface area contributed by atoms with Gasteiger partial charge < -0.3 is 9.80 Å². The number of nitro benzene ring substituents is 1. The molecule has 0 radical (unpaired) electrons. The fourth-order valence-electron chi connectivity index (χ4n) is 7.31. The van der Waals surface area contributed by atoms with Gasteiger partial charge in [-0.25, -0.2) is 0 Å². The second-order valence-electron chi connectivity index (χ2n) is 14.7. The summed E-state index contributed by atoms with van der Waals surface area (Å²) < 4.78 is 0. The van der Waals surface area contributed by atoms with Crippen LogP contribution in [-0.4, -0.2) is 4.92 Å². The highest BCUT2D eigenvalue weighted by Gasteiger charge is 2.19. The molecule has 8 aromatic carbocycles. The molecule has 0 spiro atoms. The van der Waals surface area contributed by atoms with E-state index in [0.717, 1.165) is 61.9 Å². The SMILES string of the molecule is Cc1ccc(N(c2ccc(C)cc2)c2cccc(-c3cc(-c4cccc(N(c5ccc(C)cc5)c5ccc(C)cc5)c4)cc(-c4ccccc4[N+](=O)[O-])c3)c2)cc1. The molecule has 0 saturated heterocycles. The van der Waals surface area contributed by atoms with Crippen LogP contribution >= 0.6 is 0 Å². The number of hydrogen-bond acceptors (Lipinski definition) is 4. The summed E-state index contributed by atoms with van der Waals surface area (Å²) in [6, 6.07) is 64.7. The third kappa shape index (κ3) is 7.96. The molecule has 0 unspecified atom stereocenters. The van der Waals surface area contributed by atoms with Gasteiger partial charge in [0.1, 0.15) is 0 Å². The molecular weight excluding hydrogens is 699 g/mol. The number of anilines is 6. The summed E-state index contributed by atoms with van der Waals surface area (Å²) in [7, 11) is 0. The molecule has 0 N–H and O–H groups in total. The van der Waals surface area contributed by atoms with Crippen LogP contribution in [0.3, 0.4) is 0 Å². The molecule has 0 amide bonds. The van der Waals surface area contributed by atoms with Crippen LogP contribution in [0.5, 0.6) is 0 Å². The second-order valence-corrected chi connectivity index (χ2v) is 14.7. The largest absolute Gasteiger partial charge is 0.310 e. The first kappa shape index (κ1) is 36.7.